The first kappa shape index (κ1) is 8.72. The van der Waals surface area contributed by atoms with Crippen LogP contribution in [0.15, 0.2) is 0 Å². The Morgan fingerprint density at radius 2 is 2.09 bits per heavy atom. The lowest BCUT2D eigenvalue weighted by atomic mass is 9.70. The lowest BCUT2D eigenvalue weighted by Crippen LogP contribution is -2.42. The fourth-order valence-corrected chi connectivity index (χ4v) is 1.97. The van der Waals surface area contributed by atoms with Crippen molar-refractivity contribution >= 4 is 5.78 Å². The van der Waals surface area contributed by atoms with Crippen molar-refractivity contribution in [2.24, 2.45) is 11.3 Å². The Hall–Kier alpha value is -0.370. The Morgan fingerprint density at radius 3 is 2.55 bits per heavy atom. The summed E-state index contributed by atoms with van der Waals surface area (Å²) < 4.78 is 0. The summed E-state index contributed by atoms with van der Waals surface area (Å²) in [4.78, 5) is 11.2. The summed E-state index contributed by atoms with van der Waals surface area (Å²) in [6.07, 6.45) is 0.753. The van der Waals surface area contributed by atoms with E-state index in [2.05, 4.69) is 6.92 Å². The van der Waals surface area contributed by atoms with E-state index in [0.29, 0.717) is 12.3 Å². The Bertz CT molecular complexity index is 172. The second kappa shape index (κ2) is 2.59. The molecule has 0 heterocycles. The summed E-state index contributed by atoms with van der Waals surface area (Å²) in [7, 11) is 0. The smallest absolute Gasteiger partial charge is 0.162 e. The van der Waals surface area contributed by atoms with Gasteiger partial charge < -0.3 is 5.11 Å². The summed E-state index contributed by atoms with van der Waals surface area (Å²) >= 11 is 0. The molecule has 0 aliphatic heterocycles. The number of hydrogen-bond donors (Lipinski definition) is 1. The molecule has 0 amide bonds. The van der Waals surface area contributed by atoms with E-state index in [1.165, 1.54) is 0 Å². The zero-order valence-electron chi connectivity index (χ0n) is 7.42. The van der Waals surface area contributed by atoms with Crippen LogP contribution < -0.4 is 0 Å². The van der Waals surface area contributed by atoms with E-state index in [9.17, 15) is 9.90 Å². The lowest BCUT2D eigenvalue weighted by molar-refractivity contribution is -0.139. The first-order valence-electron chi connectivity index (χ1n) is 4.14. The maximum Gasteiger partial charge on any atom is 0.162 e. The second-order valence-corrected chi connectivity index (χ2v) is 4.37. The fraction of sp³-hybridized carbons (Fsp3) is 0.889. The number of hydrogen-bond acceptors (Lipinski definition) is 2. The second-order valence-electron chi connectivity index (χ2n) is 4.37. The number of carbonyl (C=O) groups is 1. The van der Waals surface area contributed by atoms with Crippen LogP contribution in [-0.4, -0.2) is 17.0 Å². The van der Waals surface area contributed by atoms with Crippen molar-refractivity contribution < 1.29 is 9.90 Å². The van der Waals surface area contributed by atoms with Crippen molar-refractivity contribution in [3.63, 3.8) is 0 Å². The number of carbonyl (C=O) groups excluding carboxylic acids is 1. The number of ketones is 1. The number of aliphatic hydroxyl groups excluding tert-OH is 1. The van der Waals surface area contributed by atoms with Gasteiger partial charge in [0.05, 0.1) is 0 Å². The molecule has 0 aromatic carbocycles. The standard InChI is InChI=1S/C9H16O2/c1-6-4-7(10)8(11)9(2,3)5-6/h6,8,11H,4-5H2,1-3H3. The Kier molecular flexibility index (Phi) is 2.06. The highest BCUT2D eigenvalue weighted by molar-refractivity contribution is 5.84. The minimum absolute atomic E-state index is 0.00810. The molecule has 1 N–H and O–H groups in total. The van der Waals surface area contributed by atoms with Gasteiger partial charge in [0.1, 0.15) is 6.10 Å². The highest BCUT2D eigenvalue weighted by Crippen LogP contribution is 2.36. The van der Waals surface area contributed by atoms with Gasteiger partial charge >= 0.3 is 0 Å². The molecule has 64 valence electrons. The van der Waals surface area contributed by atoms with Crippen molar-refractivity contribution in [2.45, 2.75) is 39.7 Å². The largest absolute Gasteiger partial charge is 0.385 e. The topological polar surface area (TPSA) is 37.3 Å². The van der Waals surface area contributed by atoms with Crippen LogP contribution in [0.1, 0.15) is 33.6 Å². The van der Waals surface area contributed by atoms with Crippen molar-refractivity contribution in [3.8, 4) is 0 Å². The average molecular weight is 156 g/mol. The molecule has 1 aliphatic carbocycles. The molecule has 1 aliphatic rings. The van der Waals surface area contributed by atoms with E-state index in [1.807, 2.05) is 13.8 Å². The summed E-state index contributed by atoms with van der Waals surface area (Å²) in [6, 6.07) is 0. The van der Waals surface area contributed by atoms with Crippen LogP contribution in [0.3, 0.4) is 0 Å². The first-order chi connectivity index (χ1) is 4.93. The molecule has 1 rings (SSSR count). The Morgan fingerprint density at radius 1 is 1.55 bits per heavy atom. The van der Waals surface area contributed by atoms with E-state index < -0.39 is 6.10 Å². The lowest BCUT2D eigenvalue weighted by Gasteiger charge is -2.37. The molecule has 2 atom stereocenters. The van der Waals surface area contributed by atoms with Crippen molar-refractivity contribution in [1.29, 1.82) is 0 Å². The molecule has 0 spiro atoms. The van der Waals surface area contributed by atoms with E-state index in [0.717, 1.165) is 6.42 Å². The van der Waals surface area contributed by atoms with Crippen LogP contribution in [-0.2, 0) is 4.79 Å². The van der Waals surface area contributed by atoms with Crippen molar-refractivity contribution in [1.82, 2.24) is 0 Å². The third-order valence-electron chi connectivity index (χ3n) is 2.47. The molecule has 0 bridgehead atoms. The average Bonchev–Trinajstić information content (AvgIpc) is 1.81. The third-order valence-corrected chi connectivity index (χ3v) is 2.47. The molecular formula is C9H16O2. The molecule has 2 nitrogen and oxygen atoms in total. The van der Waals surface area contributed by atoms with Gasteiger partial charge in [0.25, 0.3) is 0 Å². The van der Waals surface area contributed by atoms with Gasteiger partial charge in [-0.3, -0.25) is 4.79 Å². The Balaban J connectivity index is 2.75. The van der Waals surface area contributed by atoms with Crippen LogP contribution in [0.4, 0.5) is 0 Å². The van der Waals surface area contributed by atoms with Gasteiger partial charge in [0, 0.05) is 6.42 Å². The first-order valence-corrected chi connectivity index (χ1v) is 4.14. The zero-order valence-corrected chi connectivity index (χ0v) is 7.42. The SMILES string of the molecule is CC1CC(=O)C(O)C(C)(C)C1. The highest BCUT2D eigenvalue weighted by Gasteiger charge is 2.39. The molecule has 1 saturated carbocycles. The number of rotatable bonds is 0. The maximum absolute atomic E-state index is 11.2. The van der Waals surface area contributed by atoms with Gasteiger partial charge in [-0.1, -0.05) is 20.8 Å². The molecular weight excluding hydrogens is 140 g/mol. The summed E-state index contributed by atoms with van der Waals surface area (Å²) in [5.74, 6) is 0.439. The Labute approximate surface area is 67.6 Å². The van der Waals surface area contributed by atoms with Gasteiger partial charge in [-0.05, 0) is 17.8 Å². The van der Waals surface area contributed by atoms with Crippen LogP contribution in [0, 0.1) is 11.3 Å². The van der Waals surface area contributed by atoms with Crippen LogP contribution >= 0.6 is 0 Å². The maximum atomic E-state index is 11.2. The minimum Gasteiger partial charge on any atom is -0.385 e. The van der Waals surface area contributed by atoms with E-state index >= 15 is 0 Å². The van der Waals surface area contributed by atoms with E-state index in [-0.39, 0.29) is 11.2 Å². The molecule has 2 unspecified atom stereocenters. The highest BCUT2D eigenvalue weighted by atomic mass is 16.3. The molecule has 0 aromatic rings. The fourth-order valence-electron chi connectivity index (χ4n) is 1.97. The summed E-state index contributed by atoms with van der Waals surface area (Å²) in [5, 5.41) is 9.47. The summed E-state index contributed by atoms with van der Waals surface area (Å²) in [5.41, 5.74) is -0.214. The summed E-state index contributed by atoms with van der Waals surface area (Å²) in [6.45, 7) is 5.96. The van der Waals surface area contributed by atoms with E-state index in [1.54, 1.807) is 0 Å². The molecule has 0 radical (unpaired) electrons. The third kappa shape index (κ3) is 1.62. The minimum atomic E-state index is -0.737. The van der Waals surface area contributed by atoms with Crippen LogP contribution in [0.5, 0.6) is 0 Å². The van der Waals surface area contributed by atoms with Crippen molar-refractivity contribution in [3.05, 3.63) is 0 Å². The normalized spacial score (nSPS) is 37.3. The number of Topliss-reactive ketones (excluding diaryl/α,β-unsaturated/α-hetero) is 1. The van der Waals surface area contributed by atoms with Gasteiger partial charge in [-0.2, -0.15) is 0 Å². The molecule has 2 heteroatoms. The molecule has 1 fully saturated rings. The quantitative estimate of drug-likeness (QED) is 0.575. The molecule has 11 heavy (non-hydrogen) atoms. The number of aliphatic hydroxyl groups is 1. The zero-order chi connectivity index (χ0) is 8.65. The van der Waals surface area contributed by atoms with Gasteiger partial charge in [-0.25, -0.2) is 0 Å². The van der Waals surface area contributed by atoms with Gasteiger partial charge in [0.15, 0.2) is 5.78 Å². The van der Waals surface area contributed by atoms with Crippen LogP contribution in [0.2, 0.25) is 0 Å². The van der Waals surface area contributed by atoms with Gasteiger partial charge in [-0.15, -0.1) is 0 Å². The van der Waals surface area contributed by atoms with Crippen LogP contribution in [0.25, 0.3) is 0 Å². The predicted molar refractivity (Wildman–Crippen MR) is 43.2 cm³/mol. The van der Waals surface area contributed by atoms with Crippen molar-refractivity contribution in [2.75, 3.05) is 0 Å². The van der Waals surface area contributed by atoms with E-state index in [4.69, 9.17) is 0 Å². The van der Waals surface area contributed by atoms with Gasteiger partial charge in [0.2, 0.25) is 0 Å². The molecule has 0 saturated heterocycles. The molecule has 0 aromatic heterocycles. The predicted octanol–water partition coefficient (Wildman–Crippen LogP) is 1.37. The monoisotopic (exact) mass is 156 g/mol.